The molecular formula is C17H22ClN3O3. The fraction of sp³-hybridized carbons (Fsp3) is 0.471. The Hall–Kier alpha value is -1.92. The summed E-state index contributed by atoms with van der Waals surface area (Å²) in [6.07, 6.45) is 3.86. The van der Waals surface area contributed by atoms with E-state index in [0.717, 1.165) is 18.4 Å². The van der Waals surface area contributed by atoms with Crippen LogP contribution in [0.2, 0.25) is 0 Å². The van der Waals surface area contributed by atoms with Gasteiger partial charge in [-0.05, 0) is 43.5 Å². The third-order valence-corrected chi connectivity index (χ3v) is 4.70. The van der Waals surface area contributed by atoms with Gasteiger partial charge in [-0.15, -0.1) is 12.4 Å². The van der Waals surface area contributed by atoms with Gasteiger partial charge in [0.2, 0.25) is 17.7 Å². The van der Waals surface area contributed by atoms with E-state index in [4.69, 9.17) is 5.73 Å². The molecule has 1 saturated heterocycles. The Balaban J connectivity index is 0.00000208. The topological polar surface area (TPSA) is 92.5 Å². The number of nitrogens with one attached hydrogen (secondary N) is 1. The molecule has 0 aromatic heterocycles. The van der Waals surface area contributed by atoms with Crippen molar-refractivity contribution in [2.75, 3.05) is 10.2 Å². The Morgan fingerprint density at radius 2 is 1.75 bits per heavy atom. The molecule has 3 amide bonds. The minimum Gasteiger partial charge on any atom is -0.324 e. The molecule has 1 aromatic rings. The predicted octanol–water partition coefficient (Wildman–Crippen LogP) is 2.28. The highest BCUT2D eigenvalue weighted by molar-refractivity contribution is 6.20. The summed E-state index contributed by atoms with van der Waals surface area (Å²) in [6, 6.07) is 5.17. The average Bonchev–Trinajstić information content (AvgIpc) is 3.08. The van der Waals surface area contributed by atoms with Crippen molar-refractivity contribution in [2.45, 2.75) is 51.0 Å². The second kappa shape index (κ2) is 6.91. The summed E-state index contributed by atoms with van der Waals surface area (Å²) in [5.41, 5.74) is 7.34. The number of halogens is 1. The predicted molar refractivity (Wildman–Crippen MR) is 94.2 cm³/mol. The lowest BCUT2D eigenvalue weighted by Crippen LogP contribution is -2.48. The van der Waals surface area contributed by atoms with Gasteiger partial charge in [0.25, 0.3) is 0 Å². The Labute approximate surface area is 147 Å². The van der Waals surface area contributed by atoms with Crippen LogP contribution in [-0.2, 0) is 14.4 Å². The number of hydrogen-bond donors (Lipinski definition) is 2. The first-order chi connectivity index (χ1) is 10.9. The molecule has 2 aliphatic rings. The fourth-order valence-electron chi connectivity index (χ4n) is 3.32. The summed E-state index contributed by atoms with van der Waals surface area (Å²) in [7, 11) is 0. The minimum atomic E-state index is -0.784. The number of amides is 3. The van der Waals surface area contributed by atoms with Gasteiger partial charge in [0.05, 0.1) is 11.2 Å². The van der Waals surface area contributed by atoms with Crippen molar-refractivity contribution < 1.29 is 14.4 Å². The number of carbonyl (C=O) groups is 3. The number of imide groups is 1. The number of nitrogens with two attached hydrogens (primary N) is 1. The van der Waals surface area contributed by atoms with E-state index in [9.17, 15) is 14.4 Å². The minimum absolute atomic E-state index is 0. The second-order valence-electron chi connectivity index (χ2n) is 6.44. The van der Waals surface area contributed by atoms with Crippen molar-refractivity contribution in [2.24, 2.45) is 5.73 Å². The maximum absolute atomic E-state index is 12.3. The monoisotopic (exact) mass is 351 g/mol. The highest BCUT2D eigenvalue weighted by atomic mass is 35.5. The largest absolute Gasteiger partial charge is 0.324 e. The van der Waals surface area contributed by atoms with Crippen molar-refractivity contribution in [1.29, 1.82) is 0 Å². The van der Waals surface area contributed by atoms with Crippen LogP contribution in [0.1, 0.15) is 44.1 Å². The molecule has 0 atom stereocenters. The van der Waals surface area contributed by atoms with Gasteiger partial charge >= 0.3 is 0 Å². The van der Waals surface area contributed by atoms with E-state index in [1.54, 1.807) is 18.2 Å². The summed E-state index contributed by atoms with van der Waals surface area (Å²) in [6.45, 7) is 1.82. The number of nitrogens with zero attached hydrogens (tertiary/aromatic N) is 1. The molecule has 0 spiro atoms. The standard InChI is InChI=1S/C17H21N3O3.ClH/c1-11-10-12(19-16(23)17(18)8-2-3-9-17)4-5-13(11)20-14(21)6-7-15(20)22;/h4-5,10H,2-3,6-9,18H2,1H3,(H,19,23);1H. The molecule has 0 unspecified atom stereocenters. The maximum atomic E-state index is 12.3. The SMILES string of the molecule is Cc1cc(NC(=O)C2(N)CCCC2)ccc1N1C(=O)CCC1=O.Cl. The van der Waals surface area contributed by atoms with Gasteiger partial charge in [-0.2, -0.15) is 0 Å². The zero-order chi connectivity index (χ0) is 16.6. The van der Waals surface area contributed by atoms with Crippen LogP contribution in [0.3, 0.4) is 0 Å². The first-order valence-corrected chi connectivity index (χ1v) is 7.97. The van der Waals surface area contributed by atoms with E-state index in [1.807, 2.05) is 6.92 Å². The van der Waals surface area contributed by atoms with E-state index < -0.39 is 5.54 Å². The summed E-state index contributed by atoms with van der Waals surface area (Å²) < 4.78 is 0. The van der Waals surface area contributed by atoms with Crippen molar-refractivity contribution in [3.63, 3.8) is 0 Å². The number of rotatable bonds is 3. The first kappa shape index (κ1) is 18.4. The summed E-state index contributed by atoms with van der Waals surface area (Å²) in [5.74, 6) is -0.529. The summed E-state index contributed by atoms with van der Waals surface area (Å²) >= 11 is 0. The molecule has 6 nitrogen and oxygen atoms in total. The van der Waals surface area contributed by atoms with Gasteiger partial charge in [0.1, 0.15) is 0 Å². The van der Waals surface area contributed by atoms with Crippen LogP contribution in [0.4, 0.5) is 11.4 Å². The first-order valence-electron chi connectivity index (χ1n) is 7.97. The van der Waals surface area contributed by atoms with Gasteiger partial charge in [0, 0.05) is 18.5 Å². The molecule has 1 saturated carbocycles. The fourth-order valence-corrected chi connectivity index (χ4v) is 3.32. The van der Waals surface area contributed by atoms with Crippen molar-refractivity contribution >= 4 is 41.5 Å². The molecule has 3 rings (SSSR count). The Morgan fingerprint density at radius 3 is 2.29 bits per heavy atom. The van der Waals surface area contributed by atoms with E-state index >= 15 is 0 Å². The van der Waals surface area contributed by atoms with Gasteiger partial charge in [-0.1, -0.05) is 12.8 Å². The molecule has 0 radical (unpaired) electrons. The number of carbonyl (C=O) groups excluding carboxylic acids is 3. The highest BCUT2D eigenvalue weighted by Crippen LogP contribution is 2.31. The van der Waals surface area contributed by atoms with Crippen LogP contribution < -0.4 is 16.0 Å². The average molecular weight is 352 g/mol. The molecule has 1 heterocycles. The van der Waals surface area contributed by atoms with Gasteiger partial charge in [0.15, 0.2) is 0 Å². The van der Waals surface area contributed by atoms with Crippen LogP contribution in [-0.4, -0.2) is 23.3 Å². The highest BCUT2D eigenvalue weighted by Gasteiger charge is 2.37. The lowest BCUT2D eigenvalue weighted by molar-refractivity contribution is -0.122. The Bertz CT molecular complexity index is 668. The molecule has 24 heavy (non-hydrogen) atoms. The van der Waals surface area contributed by atoms with Crippen LogP contribution >= 0.6 is 12.4 Å². The number of benzene rings is 1. The molecule has 1 aliphatic heterocycles. The lowest BCUT2D eigenvalue weighted by Gasteiger charge is -2.23. The number of hydrogen-bond acceptors (Lipinski definition) is 4. The van der Waals surface area contributed by atoms with E-state index in [-0.39, 0.29) is 43.0 Å². The van der Waals surface area contributed by atoms with Crippen LogP contribution in [0.5, 0.6) is 0 Å². The third-order valence-electron chi connectivity index (χ3n) is 4.70. The quantitative estimate of drug-likeness (QED) is 0.817. The van der Waals surface area contributed by atoms with Crippen molar-refractivity contribution in [1.82, 2.24) is 0 Å². The summed E-state index contributed by atoms with van der Waals surface area (Å²) in [4.78, 5) is 37.2. The van der Waals surface area contributed by atoms with Crippen LogP contribution in [0.15, 0.2) is 18.2 Å². The number of anilines is 2. The molecular weight excluding hydrogens is 330 g/mol. The summed E-state index contributed by atoms with van der Waals surface area (Å²) in [5, 5.41) is 2.85. The van der Waals surface area contributed by atoms with E-state index in [2.05, 4.69) is 5.32 Å². The molecule has 1 aliphatic carbocycles. The van der Waals surface area contributed by atoms with Gasteiger partial charge in [-0.3, -0.25) is 19.3 Å². The molecule has 3 N–H and O–H groups in total. The van der Waals surface area contributed by atoms with Gasteiger partial charge < -0.3 is 11.1 Å². The lowest BCUT2D eigenvalue weighted by atomic mass is 9.98. The normalized spacial score (nSPS) is 19.3. The van der Waals surface area contributed by atoms with Gasteiger partial charge in [-0.25, -0.2) is 0 Å². The second-order valence-corrected chi connectivity index (χ2v) is 6.44. The zero-order valence-corrected chi connectivity index (χ0v) is 14.4. The molecule has 1 aromatic carbocycles. The van der Waals surface area contributed by atoms with E-state index in [0.29, 0.717) is 24.2 Å². The number of aryl methyl sites for hydroxylation is 1. The smallest absolute Gasteiger partial charge is 0.244 e. The molecule has 2 fully saturated rings. The molecule has 130 valence electrons. The van der Waals surface area contributed by atoms with Crippen molar-refractivity contribution in [3.05, 3.63) is 23.8 Å². The van der Waals surface area contributed by atoms with Crippen LogP contribution in [0, 0.1) is 6.92 Å². The van der Waals surface area contributed by atoms with Crippen LogP contribution in [0.25, 0.3) is 0 Å². The maximum Gasteiger partial charge on any atom is 0.244 e. The van der Waals surface area contributed by atoms with E-state index in [1.165, 1.54) is 4.90 Å². The third kappa shape index (κ3) is 3.30. The molecule has 7 heteroatoms. The molecule has 0 bridgehead atoms. The Morgan fingerprint density at radius 1 is 1.17 bits per heavy atom. The van der Waals surface area contributed by atoms with Crippen molar-refractivity contribution in [3.8, 4) is 0 Å². The zero-order valence-electron chi connectivity index (χ0n) is 13.6. The Kier molecular flexibility index (Phi) is 5.30.